The Morgan fingerprint density at radius 2 is 1.70 bits per heavy atom. The maximum absolute atomic E-state index is 9.45. The van der Waals surface area contributed by atoms with Crippen molar-refractivity contribution in [1.82, 2.24) is 0 Å². The van der Waals surface area contributed by atoms with Gasteiger partial charge in [0.25, 0.3) is 0 Å². The molecular weight excluding hydrogens is 280 g/mol. The zero-order valence-electron chi connectivity index (χ0n) is 11.9. The Kier molecular flexibility index (Phi) is 9.62. The van der Waals surface area contributed by atoms with E-state index in [1.165, 1.54) is 0 Å². The van der Waals surface area contributed by atoms with Crippen LogP contribution >= 0.6 is 11.6 Å². The minimum Gasteiger partial charge on any atom is -0.396 e. The Labute approximate surface area is 125 Å². The number of aliphatic hydroxyl groups is 1. The van der Waals surface area contributed by atoms with Crippen molar-refractivity contribution >= 4 is 11.6 Å². The molecular formula is C15H23ClO4. The fraction of sp³-hybridized carbons (Fsp3) is 0.600. The number of aliphatic hydroxyl groups excluding tert-OH is 1. The van der Waals surface area contributed by atoms with Gasteiger partial charge in [-0.2, -0.15) is 0 Å². The van der Waals surface area contributed by atoms with Gasteiger partial charge in [0, 0.05) is 24.7 Å². The highest BCUT2D eigenvalue weighted by atomic mass is 35.5. The first kappa shape index (κ1) is 17.4. The lowest BCUT2D eigenvalue weighted by Gasteiger charge is -2.16. The molecule has 0 saturated carbocycles. The molecule has 0 bridgehead atoms. The topological polar surface area (TPSA) is 47.9 Å². The van der Waals surface area contributed by atoms with E-state index in [0.29, 0.717) is 38.1 Å². The second-order valence-corrected chi connectivity index (χ2v) is 4.81. The number of halogens is 1. The third-order valence-electron chi connectivity index (χ3n) is 2.98. The van der Waals surface area contributed by atoms with Gasteiger partial charge in [-0.05, 0) is 18.1 Å². The first-order chi connectivity index (χ1) is 9.79. The van der Waals surface area contributed by atoms with Gasteiger partial charge in [0.05, 0.1) is 33.0 Å². The molecule has 0 aromatic heterocycles. The molecule has 4 nitrogen and oxygen atoms in total. The fourth-order valence-electron chi connectivity index (χ4n) is 1.84. The zero-order valence-corrected chi connectivity index (χ0v) is 12.6. The average molecular weight is 303 g/mol. The molecule has 1 atom stereocenters. The van der Waals surface area contributed by atoms with E-state index < -0.39 is 0 Å². The molecule has 0 saturated heterocycles. The number of ether oxygens (including phenoxy) is 3. The van der Waals surface area contributed by atoms with Gasteiger partial charge in [-0.1, -0.05) is 29.8 Å². The summed E-state index contributed by atoms with van der Waals surface area (Å²) in [4.78, 5) is 0. The Balaban J connectivity index is 2.18. The van der Waals surface area contributed by atoms with Crippen molar-refractivity contribution in [1.29, 1.82) is 0 Å². The van der Waals surface area contributed by atoms with Gasteiger partial charge < -0.3 is 19.3 Å². The molecule has 0 aliphatic carbocycles. The van der Waals surface area contributed by atoms with Crippen molar-refractivity contribution in [3.05, 3.63) is 34.9 Å². The lowest BCUT2D eigenvalue weighted by Crippen LogP contribution is -2.12. The van der Waals surface area contributed by atoms with Crippen LogP contribution in [0.2, 0.25) is 5.02 Å². The van der Waals surface area contributed by atoms with Crippen molar-refractivity contribution in [2.45, 2.75) is 12.3 Å². The van der Waals surface area contributed by atoms with Gasteiger partial charge in [0.1, 0.15) is 0 Å². The summed E-state index contributed by atoms with van der Waals surface area (Å²) in [6, 6.07) is 7.59. The fourth-order valence-corrected chi connectivity index (χ4v) is 2.13. The van der Waals surface area contributed by atoms with Crippen LogP contribution in [0.1, 0.15) is 17.9 Å². The molecule has 5 heteroatoms. The highest BCUT2D eigenvalue weighted by Crippen LogP contribution is 2.26. The number of benzene rings is 1. The summed E-state index contributed by atoms with van der Waals surface area (Å²) in [5.41, 5.74) is 0.969. The Morgan fingerprint density at radius 1 is 1.05 bits per heavy atom. The van der Waals surface area contributed by atoms with Crippen LogP contribution in [0, 0.1) is 0 Å². The van der Waals surface area contributed by atoms with E-state index in [-0.39, 0.29) is 12.5 Å². The monoisotopic (exact) mass is 302 g/mol. The normalized spacial score (nSPS) is 12.6. The van der Waals surface area contributed by atoms with Crippen molar-refractivity contribution < 1.29 is 19.3 Å². The smallest absolute Gasteiger partial charge is 0.0701 e. The van der Waals surface area contributed by atoms with Crippen LogP contribution in [0.15, 0.2) is 24.3 Å². The summed E-state index contributed by atoms with van der Waals surface area (Å²) >= 11 is 6.13. The molecule has 20 heavy (non-hydrogen) atoms. The molecule has 1 N–H and O–H groups in total. The van der Waals surface area contributed by atoms with Gasteiger partial charge in [-0.3, -0.25) is 0 Å². The molecule has 0 fully saturated rings. The zero-order chi connectivity index (χ0) is 14.6. The van der Waals surface area contributed by atoms with E-state index in [4.69, 9.17) is 25.8 Å². The highest BCUT2D eigenvalue weighted by molar-refractivity contribution is 6.31. The Morgan fingerprint density at radius 3 is 2.35 bits per heavy atom. The number of methoxy groups -OCH3 is 1. The lowest BCUT2D eigenvalue weighted by atomic mass is 9.97. The summed E-state index contributed by atoms with van der Waals surface area (Å²) < 4.78 is 15.6. The van der Waals surface area contributed by atoms with Crippen LogP contribution in [-0.4, -0.2) is 51.9 Å². The summed E-state index contributed by atoms with van der Waals surface area (Å²) in [5.74, 6) is 0.0121. The average Bonchev–Trinajstić information content (AvgIpc) is 2.47. The lowest BCUT2D eigenvalue weighted by molar-refractivity contribution is 0.0223. The molecule has 1 unspecified atom stereocenters. The highest BCUT2D eigenvalue weighted by Gasteiger charge is 2.13. The predicted octanol–water partition coefficient (Wildman–Crippen LogP) is 2.49. The van der Waals surface area contributed by atoms with E-state index in [2.05, 4.69) is 0 Å². The maximum Gasteiger partial charge on any atom is 0.0701 e. The number of rotatable bonds is 11. The van der Waals surface area contributed by atoms with Crippen LogP contribution in [0.3, 0.4) is 0 Å². The maximum atomic E-state index is 9.45. The van der Waals surface area contributed by atoms with Gasteiger partial charge in [-0.25, -0.2) is 0 Å². The quantitative estimate of drug-likeness (QED) is 0.638. The summed E-state index contributed by atoms with van der Waals surface area (Å²) in [6.45, 7) is 2.92. The van der Waals surface area contributed by atoms with E-state index in [0.717, 1.165) is 12.0 Å². The largest absolute Gasteiger partial charge is 0.396 e. The van der Waals surface area contributed by atoms with E-state index in [1.54, 1.807) is 7.11 Å². The van der Waals surface area contributed by atoms with Crippen molar-refractivity contribution in [2.75, 3.05) is 46.8 Å². The molecule has 0 aliphatic rings. The Bertz CT molecular complexity index is 359. The third-order valence-corrected chi connectivity index (χ3v) is 3.32. The molecule has 0 heterocycles. The minimum absolute atomic E-state index is 0.0121. The molecule has 114 valence electrons. The number of hydrogen-bond donors (Lipinski definition) is 1. The number of hydrogen-bond acceptors (Lipinski definition) is 4. The van der Waals surface area contributed by atoms with Crippen molar-refractivity contribution in [2.24, 2.45) is 0 Å². The van der Waals surface area contributed by atoms with E-state index in [1.807, 2.05) is 24.3 Å². The second kappa shape index (κ2) is 11.1. The first-order valence-corrected chi connectivity index (χ1v) is 7.17. The summed E-state index contributed by atoms with van der Waals surface area (Å²) in [6.07, 6.45) is 0.734. The molecule has 0 amide bonds. The van der Waals surface area contributed by atoms with Crippen LogP contribution in [0.5, 0.6) is 0 Å². The Hall–Kier alpha value is -0.650. The predicted molar refractivity (Wildman–Crippen MR) is 79.4 cm³/mol. The van der Waals surface area contributed by atoms with Gasteiger partial charge in [0.15, 0.2) is 0 Å². The minimum atomic E-state index is 0.0121. The molecule has 1 aromatic rings. The van der Waals surface area contributed by atoms with Gasteiger partial charge >= 0.3 is 0 Å². The molecule has 1 aromatic carbocycles. The summed E-state index contributed by atoms with van der Waals surface area (Å²) in [5, 5.41) is 10.1. The van der Waals surface area contributed by atoms with E-state index in [9.17, 15) is 5.11 Å². The second-order valence-electron chi connectivity index (χ2n) is 4.41. The molecule has 0 aliphatic heterocycles. The third kappa shape index (κ3) is 6.68. The van der Waals surface area contributed by atoms with Crippen LogP contribution in [0.25, 0.3) is 0 Å². The van der Waals surface area contributed by atoms with Gasteiger partial charge in [0.2, 0.25) is 0 Å². The first-order valence-electron chi connectivity index (χ1n) is 6.79. The van der Waals surface area contributed by atoms with Crippen LogP contribution in [0.4, 0.5) is 0 Å². The van der Waals surface area contributed by atoms with Crippen molar-refractivity contribution in [3.8, 4) is 0 Å². The summed E-state index contributed by atoms with van der Waals surface area (Å²) in [7, 11) is 1.64. The SMILES string of the molecule is COCCOCCOCCC(CO)c1ccccc1Cl. The van der Waals surface area contributed by atoms with Crippen LogP contribution in [-0.2, 0) is 14.2 Å². The molecule has 1 rings (SSSR count). The van der Waals surface area contributed by atoms with Gasteiger partial charge in [-0.15, -0.1) is 0 Å². The molecule has 0 spiro atoms. The standard InChI is InChI=1S/C15H23ClO4/c1-18-8-9-20-11-10-19-7-6-13(12-17)14-4-2-3-5-15(14)16/h2-5,13,17H,6-12H2,1H3. The molecule has 0 radical (unpaired) electrons. The van der Waals surface area contributed by atoms with E-state index >= 15 is 0 Å². The van der Waals surface area contributed by atoms with Crippen molar-refractivity contribution in [3.63, 3.8) is 0 Å². The van der Waals surface area contributed by atoms with Crippen LogP contribution < -0.4 is 0 Å².